The molecule has 1 aromatic heterocycles. The zero-order valence-corrected chi connectivity index (χ0v) is 12.4. The minimum Gasteiger partial charge on any atom is -0.383 e. The quantitative estimate of drug-likeness (QED) is 0.839. The number of nitrogen functional groups attached to an aromatic ring is 1. The number of hydrogen-bond donors (Lipinski definition) is 2. The van der Waals surface area contributed by atoms with Crippen LogP contribution in [0.2, 0.25) is 5.02 Å². The Morgan fingerprint density at radius 2 is 2.21 bits per heavy atom. The van der Waals surface area contributed by atoms with Crippen LogP contribution in [0.1, 0.15) is 13.8 Å². The lowest BCUT2D eigenvalue weighted by Crippen LogP contribution is -2.57. The molecular weight excluding hydrogens is 288 g/mol. The molecule has 0 aromatic carbocycles. The van der Waals surface area contributed by atoms with Gasteiger partial charge >= 0.3 is 0 Å². The van der Waals surface area contributed by atoms with Crippen molar-refractivity contribution < 1.29 is 8.42 Å². The first kappa shape index (κ1) is 14.5. The second-order valence-electron chi connectivity index (χ2n) is 4.64. The Balaban J connectivity index is 2.44. The summed E-state index contributed by atoms with van der Waals surface area (Å²) in [5.74, 6) is -0.0252. The summed E-state index contributed by atoms with van der Waals surface area (Å²) in [5, 5.41) is 3.49. The van der Waals surface area contributed by atoms with E-state index in [0.717, 1.165) is 0 Å². The van der Waals surface area contributed by atoms with Crippen LogP contribution in [0.3, 0.4) is 0 Å². The smallest absolute Gasteiger partial charge is 0.247 e. The SMILES string of the molecule is CC1NCCN(S(=O)(=O)c2cc(Cl)cnc2N)C1C. The predicted octanol–water partition coefficient (Wildman–Crippen LogP) is 0.688. The average Bonchev–Trinajstić information content (AvgIpc) is 2.35. The van der Waals surface area contributed by atoms with Gasteiger partial charge in [0.05, 0.1) is 5.02 Å². The molecule has 6 nitrogen and oxygen atoms in total. The molecule has 1 aliphatic rings. The van der Waals surface area contributed by atoms with Gasteiger partial charge in [0.15, 0.2) is 0 Å². The van der Waals surface area contributed by atoms with E-state index in [9.17, 15) is 8.42 Å². The number of nitrogens with zero attached hydrogens (tertiary/aromatic N) is 2. The van der Waals surface area contributed by atoms with Crippen LogP contribution in [0.5, 0.6) is 0 Å². The van der Waals surface area contributed by atoms with Gasteiger partial charge in [-0.3, -0.25) is 0 Å². The van der Waals surface area contributed by atoms with Crippen molar-refractivity contribution in [1.82, 2.24) is 14.6 Å². The van der Waals surface area contributed by atoms with Gasteiger partial charge in [0.1, 0.15) is 10.7 Å². The Bertz CT molecular complexity index is 578. The molecule has 19 heavy (non-hydrogen) atoms. The van der Waals surface area contributed by atoms with E-state index < -0.39 is 10.0 Å². The Hall–Kier alpha value is -0.890. The second kappa shape index (κ2) is 5.24. The maximum atomic E-state index is 12.6. The molecule has 0 bridgehead atoms. The van der Waals surface area contributed by atoms with Crippen molar-refractivity contribution in [2.24, 2.45) is 0 Å². The number of sulfonamides is 1. The fraction of sp³-hybridized carbons (Fsp3) is 0.545. The summed E-state index contributed by atoms with van der Waals surface area (Å²) in [4.78, 5) is 3.78. The standard InChI is InChI=1S/C11H17ClN4O2S/c1-7-8(2)16(4-3-14-7)19(17,18)10-5-9(12)6-15-11(10)13/h5-8,14H,3-4H2,1-2H3,(H2,13,15). The van der Waals surface area contributed by atoms with E-state index in [-0.39, 0.29) is 27.8 Å². The molecule has 8 heteroatoms. The minimum absolute atomic E-state index is 0.0252. The number of piperazine rings is 1. The van der Waals surface area contributed by atoms with E-state index in [0.29, 0.717) is 13.1 Å². The summed E-state index contributed by atoms with van der Waals surface area (Å²) in [6.45, 7) is 4.83. The molecule has 0 aliphatic carbocycles. The number of nitrogens with two attached hydrogens (primary N) is 1. The van der Waals surface area contributed by atoms with Crippen LogP contribution in [0, 0.1) is 0 Å². The van der Waals surface area contributed by atoms with Gasteiger partial charge in [-0.2, -0.15) is 4.31 Å². The number of pyridine rings is 1. The van der Waals surface area contributed by atoms with E-state index in [4.69, 9.17) is 17.3 Å². The van der Waals surface area contributed by atoms with Gasteiger partial charge in [-0.1, -0.05) is 11.6 Å². The average molecular weight is 305 g/mol. The predicted molar refractivity (Wildman–Crippen MR) is 74.5 cm³/mol. The summed E-state index contributed by atoms with van der Waals surface area (Å²) in [6, 6.07) is 1.27. The third-order valence-corrected chi connectivity index (χ3v) is 5.63. The highest BCUT2D eigenvalue weighted by molar-refractivity contribution is 7.89. The van der Waals surface area contributed by atoms with E-state index in [1.807, 2.05) is 13.8 Å². The topological polar surface area (TPSA) is 88.3 Å². The number of anilines is 1. The maximum Gasteiger partial charge on any atom is 0.247 e. The molecule has 0 amide bonds. The van der Waals surface area contributed by atoms with Crippen LogP contribution in [-0.4, -0.2) is 42.9 Å². The van der Waals surface area contributed by atoms with Crippen molar-refractivity contribution in [3.05, 3.63) is 17.3 Å². The lowest BCUT2D eigenvalue weighted by atomic mass is 10.1. The van der Waals surface area contributed by atoms with Crippen LogP contribution < -0.4 is 11.1 Å². The second-order valence-corrected chi connectivity index (χ2v) is 6.93. The first-order chi connectivity index (χ1) is 8.84. The number of rotatable bonds is 2. The Kier molecular flexibility index (Phi) is 4.00. The highest BCUT2D eigenvalue weighted by atomic mass is 35.5. The summed E-state index contributed by atoms with van der Waals surface area (Å²) < 4.78 is 26.7. The maximum absolute atomic E-state index is 12.6. The number of halogens is 1. The number of aromatic nitrogens is 1. The van der Waals surface area contributed by atoms with Crippen LogP contribution in [0.25, 0.3) is 0 Å². The highest BCUT2D eigenvalue weighted by Crippen LogP contribution is 2.26. The van der Waals surface area contributed by atoms with Crippen molar-refractivity contribution in [3.8, 4) is 0 Å². The van der Waals surface area contributed by atoms with Crippen molar-refractivity contribution in [2.45, 2.75) is 30.8 Å². The summed E-state index contributed by atoms with van der Waals surface area (Å²) >= 11 is 5.81. The van der Waals surface area contributed by atoms with Gasteiger partial charge in [-0.25, -0.2) is 13.4 Å². The van der Waals surface area contributed by atoms with Gasteiger partial charge < -0.3 is 11.1 Å². The Labute approximate surface area is 118 Å². The Morgan fingerprint density at radius 1 is 1.53 bits per heavy atom. The lowest BCUT2D eigenvalue weighted by molar-refractivity contribution is 0.233. The fourth-order valence-corrected chi connectivity index (χ4v) is 4.15. The molecule has 1 aliphatic heterocycles. The van der Waals surface area contributed by atoms with E-state index in [1.165, 1.54) is 16.6 Å². The molecule has 0 radical (unpaired) electrons. The van der Waals surface area contributed by atoms with Crippen LogP contribution in [-0.2, 0) is 10.0 Å². The fourth-order valence-electron chi connectivity index (χ4n) is 2.13. The third-order valence-electron chi connectivity index (χ3n) is 3.41. The summed E-state index contributed by atoms with van der Waals surface area (Å²) in [7, 11) is -3.68. The number of hydrogen-bond acceptors (Lipinski definition) is 5. The first-order valence-corrected chi connectivity index (χ1v) is 7.82. The molecule has 1 saturated heterocycles. The van der Waals surface area contributed by atoms with Crippen molar-refractivity contribution in [1.29, 1.82) is 0 Å². The molecule has 2 atom stereocenters. The molecule has 1 fully saturated rings. The number of nitrogens with one attached hydrogen (secondary N) is 1. The van der Waals surface area contributed by atoms with Crippen LogP contribution >= 0.6 is 11.6 Å². The molecule has 2 unspecified atom stereocenters. The van der Waals surface area contributed by atoms with E-state index >= 15 is 0 Å². The zero-order valence-electron chi connectivity index (χ0n) is 10.8. The molecule has 2 heterocycles. The van der Waals surface area contributed by atoms with Crippen molar-refractivity contribution in [2.75, 3.05) is 18.8 Å². The molecule has 0 spiro atoms. The zero-order chi connectivity index (χ0) is 14.2. The van der Waals surface area contributed by atoms with Gasteiger partial charge in [-0.15, -0.1) is 0 Å². The first-order valence-electron chi connectivity index (χ1n) is 6.00. The van der Waals surface area contributed by atoms with Gasteiger partial charge in [-0.05, 0) is 19.9 Å². The highest BCUT2D eigenvalue weighted by Gasteiger charge is 2.35. The molecule has 3 N–H and O–H groups in total. The molecule has 0 saturated carbocycles. The van der Waals surface area contributed by atoms with Crippen LogP contribution in [0.15, 0.2) is 17.2 Å². The van der Waals surface area contributed by atoms with E-state index in [2.05, 4.69) is 10.3 Å². The van der Waals surface area contributed by atoms with Crippen molar-refractivity contribution in [3.63, 3.8) is 0 Å². The minimum atomic E-state index is -3.68. The third kappa shape index (κ3) is 2.69. The summed E-state index contributed by atoms with van der Waals surface area (Å²) in [6.07, 6.45) is 1.33. The summed E-state index contributed by atoms with van der Waals surface area (Å²) in [5.41, 5.74) is 5.67. The van der Waals surface area contributed by atoms with Crippen LogP contribution in [0.4, 0.5) is 5.82 Å². The molecule has 106 valence electrons. The molecular formula is C11H17ClN4O2S. The van der Waals surface area contributed by atoms with Gasteiger partial charge in [0, 0.05) is 31.4 Å². The van der Waals surface area contributed by atoms with Gasteiger partial charge in [0.25, 0.3) is 0 Å². The Morgan fingerprint density at radius 3 is 2.89 bits per heavy atom. The largest absolute Gasteiger partial charge is 0.383 e. The van der Waals surface area contributed by atoms with Crippen molar-refractivity contribution >= 4 is 27.4 Å². The lowest BCUT2D eigenvalue weighted by Gasteiger charge is -2.37. The normalized spacial score (nSPS) is 25.4. The molecule has 2 rings (SSSR count). The monoisotopic (exact) mass is 304 g/mol. The van der Waals surface area contributed by atoms with Gasteiger partial charge in [0.2, 0.25) is 10.0 Å². The van der Waals surface area contributed by atoms with E-state index in [1.54, 1.807) is 0 Å². The molecule has 1 aromatic rings.